The highest BCUT2D eigenvalue weighted by molar-refractivity contribution is 6.02. The van der Waals surface area contributed by atoms with E-state index in [0.29, 0.717) is 18.8 Å². The smallest absolute Gasteiger partial charge is 0.243 e. The van der Waals surface area contributed by atoms with E-state index in [1.54, 1.807) is 4.90 Å². The van der Waals surface area contributed by atoms with Crippen molar-refractivity contribution in [3.05, 3.63) is 29.8 Å². The Morgan fingerprint density at radius 2 is 2.05 bits per heavy atom. The summed E-state index contributed by atoms with van der Waals surface area (Å²) in [4.78, 5) is 26.1. The van der Waals surface area contributed by atoms with Gasteiger partial charge in [-0.3, -0.25) is 14.5 Å². The van der Waals surface area contributed by atoms with E-state index in [2.05, 4.69) is 5.32 Å². The molecule has 120 valence electrons. The zero-order valence-corrected chi connectivity index (χ0v) is 13.4. The third-order valence-electron chi connectivity index (χ3n) is 3.94. The van der Waals surface area contributed by atoms with E-state index >= 15 is 0 Å². The Kier molecular flexibility index (Phi) is 5.19. The molecule has 5 nitrogen and oxygen atoms in total. The van der Waals surface area contributed by atoms with E-state index in [1.165, 1.54) is 6.92 Å². The second-order valence-electron chi connectivity index (χ2n) is 6.26. The molecule has 0 radical (unpaired) electrons. The van der Waals surface area contributed by atoms with Crippen LogP contribution >= 0.6 is 0 Å². The van der Waals surface area contributed by atoms with Crippen LogP contribution in [0.2, 0.25) is 0 Å². The third-order valence-corrected chi connectivity index (χ3v) is 3.94. The highest BCUT2D eigenvalue weighted by Crippen LogP contribution is 2.32. The number of para-hydroxylation sites is 1. The molecule has 1 aromatic rings. The molecular formula is C17H24N2O3. The van der Waals surface area contributed by atoms with Crippen molar-refractivity contribution in [1.82, 2.24) is 5.32 Å². The molecule has 0 fully saturated rings. The molecule has 1 unspecified atom stereocenters. The maximum Gasteiger partial charge on any atom is 0.243 e. The van der Waals surface area contributed by atoms with E-state index in [9.17, 15) is 14.7 Å². The Morgan fingerprint density at radius 3 is 2.64 bits per heavy atom. The number of hydrogen-bond acceptors (Lipinski definition) is 3. The molecule has 5 heteroatoms. The minimum Gasteiger partial charge on any atom is -0.394 e. The molecule has 0 aromatic heterocycles. The van der Waals surface area contributed by atoms with Crippen LogP contribution in [0.3, 0.4) is 0 Å². The molecule has 0 aliphatic carbocycles. The number of nitrogens with zero attached hydrogens (tertiary/aromatic N) is 1. The first-order chi connectivity index (χ1) is 10.4. The Hall–Kier alpha value is -1.88. The lowest BCUT2D eigenvalue weighted by Gasteiger charge is -2.26. The summed E-state index contributed by atoms with van der Waals surface area (Å²) in [7, 11) is 0. The molecular weight excluding hydrogens is 280 g/mol. The Morgan fingerprint density at radius 1 is 1.36 bits per heavy atom. The minimum atomic E-state index is -0.531. The zero-order valence-electron chi connectivity index (χ0n) is 13.4. The van der Waals surface area contributed by atoms with Gasteiger partial charge in [-0.1, -0.05) is 32.0 Å². The van der Waals surface area contributed by atoms with E-state index in [1.807, 2.05) is 38.1 Å². The standard InChI is InChI=1S/C17H24N2O3/c1-11(2)8-14(10-20)18-17(22)16-9-13-6-4-5-7-15(13)19(16)12(3)21/h4-7,11,14,16,20H,8-10H2,1-3H3,(H,18,22)/t14?,16-/m0/s1. The fourth-order valence-electron chi connectivity index (χ4n) is 3.03. The summed E-state index contributed by atoms with van der Waals surface area (Å²) in [5.74, 6) is 0.0303. The van der Waals surface area contributed by atoms with Crippen molar-refractivity contribution in [3.8, 4) is 0 Å². The van der Waals surface area contributed by atoms with Crippen molar-refractivity contribution in [2.24, 2.45) is 5.92 Å². The molecule has 2 N–H and O–H groups in total. The van der Waals surface area contributed by atoms with Gasteiger partial charge in [0.25, 0.3) is 0 Å². The van der Waals surface area contributed by atoms with Gasteiger partial charge >= 0.3 is 0 Å². The number of carbonyl (C=O) groups excluding carboxylic acids is 2. The molecule has 0 saturated carbocycles. The van der Waals surface area contributed by atoms with Gasteiger partial charge < -0.3 is 10.4 Å². The van der Waals surface area contributed by atoms with Gasteiger partial charge in [0.2, 0.25) is 11.8 Å². The Bertz CT molecular complexity index is 557. The first kappa shape index (κ1) is 16.5. The summed E-state index contributed by atoms with van der Waals surface area (Å²) in [5.41, 5.74) is 1.81. The lowest BCUT2D eigenvalue weighted by atomic mass is 10.0. The molecule has 1 aliphatic heterocycles. The average Bonchev–Trinajstić information content (AvgIpc) is 2.85. The normalized spacial score (nSPS) is 18.2. The largest absolute Gasteiger partial charge is 0.394 e. The molecule has 0 spiro atoms. The van der Waals surface area contributed by atoms with Gasteiger partial charge in [0.05, 0.1) is 12.6 Å². The number of nitrogens with one attached hydrogen (secondary N) is 1. The van der Waals surface area contributed by atoms with Gasteiger partial charge in [-0.15, -0.1) is 0 Å². The number of carbonyl (C=O) groups is 2. The third kappa shape index (κ3) is 3.47. The number of hydrogen-bond donors (Lipinski definition) is 2. The Balaban J connectivity index is 2.14. The topological polar surface area (TPSA) is 69.6 Å². The molecule has 1 aromatic carbocycles. The van der Waals surface area contributed by atoms with E-state index in [0.717, 1.165) is 11.3 Å². The van der Waals surface area contributed by atoms with Crippen LogP contribution in [-0.4, -0.2) is 35.6 Å². The lowest BCUT2D eigenvalue weighted by Crippen LogP contribution is -2.51. The summed E-state index contributed by atoms with van der Waals surface area (Å²) in [6, 6.07) is 6.77. The predicted molar refractivity (Wildman–Crippen MR) is 85.6 cm³/mol. The molecule has 1 aliphatic rings. The summed E-state index contributed by atoms with van der Waals surface area (Å²) >= 11 is 0. The van der Waals surface area contributed by atoms with Crippen molar-refractivity contribution >= 4 is 17.5 Å². The maximum atomic E-state index is 12.6. The molecule has 2 amide bonds. The highest BCUT2D eigenvalue weighted by Gasteiger charge is 2.37. The van der Waals surface area contributed by atoms with Crippen LogP contribution in [0.1, 0.15) is 32.8 Å². The van der Waals surface area contributed by atoms with Crippen molar-refractivity contribution in [2.45, 2.75) is 45.7 Å². The number of anilines is 1. The number of benzene rings is 1. The quantitative estimate of drug-likeness (QED) is 0.866. The zero-order chi connectivity index (χ0) is 16.3. The minimum absolute atomic E-state index is 0.0936. The first-order valence-electron chi connectivity index (χ1n) is 7.73. The van der Waals surface area contributed by atoms with Gasteiger partial charge in [-0.05, 0) is 24.0 Å². The molecule has 2 atom stereocenters. The fraction of sp³-hybridized carbons (Fsp3) is 0.529. The van der Waals surface area contributed by atoms with Crippen molar-refractivity contribution in [1.29, 1.82) is 0 Å². The lowest BCUT2D eigenvalue weighted by molar-refractivity contribution is -0.126. The van der Waals surface area contributed by atoms with E-state index in [4.69, 9.17) is 0 Å². The number of aliphatic hydroxyl groups excluding tert-OH is 1. The number of amides is 2. The second kappa shape index (κ2) is 6.92. The monoisotopic (exact) mass is 304 g/mol. The molecule has 1 heterocycles. The first-order valence-corrected chi connectivity index (χ1v) is 7.73. The van der Waals surface area contributed by atoms with Crippen molar-refractivity contribution in [3.63, 3.8) is 0 Å². The number of fused-ring (bicyclic) bond motifs is 1. The van der Waals surface area contributed by atoms with Gasteiger partial charge in [0, 0.05) is 19.0 Å². The van der Waals surface area contributed by atoms with Crippen LogP contribution < -0.4 is 10.2 Å². The number of rotatable bonds is 5. The maximum absolute atomic E-state index is 12.6. The van der Waals surface area contributed by atoms with Gasteiger partial charge in [0.1, 0.15) is 6.04 Å². The van der Waals surface area contributed by atoms with Crippen LogP contribution in [0, 0.1) is 5.92 Å². The van der Waals surface area contributed by atoms with Gasteiger partial charge in [-0.25, -0.2) is 0 Å². The molecule has 2 rings (SSSR count). The van der Waals surface area contributed by atoms with Gasteiger partial charge in [-0.2, -0.15) is 0 Å². The van der Waals surface area contributed by atoms with Crippen LogP contribution in [0.4, 0.5) is 5.69 Å². The summed E-state index contributed by atoms with van der Waals surface area (Å²) in [6.07, 6.45) is 1.23. The fourth-order valence-corrected chi connectivity index (χ4v) is 3.03. The Labute approximate surface area is 131 Å². The summed E-state index contributed by atoms with van der Waals surface area (Å²) in [6.45, 7) is 5.47. The molecule has 22 heavy (non-hydrogen) atoms. The average molecular weight is 304 g/mol. The van der Waals surface area contributed by atoms with Crippen LogP contribution in [0.25, 0.3) is 0 Å². The predicted octanol–water partition coefficient (Wildman–Crippen LogP) is 1.49. The van der Waals surface area contributed by atoms with Crippen LogP contribution in [0.15, 0.2) is 24.3 Å². The van der Waals surface area contributed by atoms with Crippen molar-refractivity contribution in [2.75, 3.05) is 11.5 Å². The summed E-state index contributed by atoms with van der Waals surface area (Å²) < 4.78 is 0. The van der Waals surface area contributed by atoms with E-state index < -0.39 is 6.04 Å². The van der Waals surface area contributed by atoms with Gasteiger partial charge in [0.15, 0.2) is 0 Å². The van der Waals surface area contributed by atoms with Crippen LogP contribution in [0.5, 0.6) is 0 Å². The SMILES string of the molecule is CC(=O)N1c2ccccc2C[C@H]1C(=O)NC(CO)CC(C)C. The van der Waals surface area contributed by atoms with Crippen molar-refractivity contribution < 1.29 is 14.7 Å². The second-order valence-corrected chi connectivity index (χ2v) is 6.26. The molecule has 0 bridgehead atoms. The van der Waals surface area contributed by atoms with Crippen LogP contribution in [-0.2, 0) is 16.0 Å². The molecule has 0 saturated heterocycles. The van der Waals surface area contributed by atoms with E-state index in [-0.39, 0.29) is 24.5 Å². The summed E-state index contributed by atoms with van der Waals surface area (Å²) in [5, 5.41) is 12.3. The number of aliphatic hydroxyl groups is 1. The highest BCUT2D eigenvalue weighted by atomic mass is 16.3.